The first kappa shape index (κ1) is 22.7. The maximum absolute atomic E-state index is 13.3. The summed E-state index contributed by atoms with van der Waals surface area (Å²) in [6.45, 7) is 4.22. The minimum Gasteiger partial charge on any atom is -0.355 e. The van der Waals surface area contributed by atoms with E-state index in [1.807, 2.05) is 68.4 Å². The molecule has 0 unspecified atom stereocenters. The molecule has 0 heterocycles. The average Bonchev–Trinajstić information content (AvgIpc) is 2.76. The molecule has 162 valence electrons. The van der Waals surface area contributed by atoms with Crippen LogP contribution in [0, 0.1) is 13.8 Å². The van der Waals surface area contributed by atoms with Crippen molar-refractivity contribution < 1.29 is 13.2 Å². The fourth-order valence-corrected chi connectivity index (χ4v) is 4.57. The maximum Gasteiger partial charge on any atom is 0.243 e. The molecule has 1 N–H and O–H groups in total. The van der Waals surface area contributed by atoms with E-state index in [1.165, 1.54) is 4.31 Å². The van der Waals surface area contributed by atoms with E-state index in [2.05, 4.69) is 5.32 Å². The Morgan fingerprint density at radius 2 is 1.39 bits per heavy atom. The van der Waals surface area contributed by atoms with Crippen molar-refractivity contribution in [2.45, 2.75) is 31.7 Å². The second-order valence-corrected chi connectivity index (χ2v) is 9.60. The van der Waals surface area contributed by atoms with E-state index in [9.17, 15) is 13.2 Å². The van der Waals surface area contributed by atoms with Crippen LogP contribution in [0.4, 0.5) is 0 Å². The number of sulfonamides is 1. The molecule has 3 rings (SSSR count). The Balaban J connectivity index is 1.73. The Hall–Kier alpha value is -2.96. The van der Waals surface area contributed by atoms with Gasteiger partial charge in [0.05, 0.1) is 11.4 Å². The van der Waals surface area contributed by atoms with Crippen molar-refractivity contribution in [3.8, 4) is 0 Å². The minimum atomic E-state index is -3.83. The molecule has 0 aromatic heterocycles. The summed E-state index contributed by atoms with van der Waals surface area (Å²) < 4.78 is 27.8. The summed E-state index contributed by atoms with van der Waals surface area (Å²) in [6.07, 6.45) is 0.690. The van der Waals surface area contributed by atoms with Crippen molar-refractivity contribution in [2.24, 2.45) is 0 Å². The minimum absolute atomic E-state index is 0.128. The number of nitrogens with zero attached hydrogens (tertiary/aromatic N) is 1. The molecule has 5 nitrogen and oxygen atoms in total. The van der Waals surface area contributed by atoms with E-state index in [-0.39, 0.29) is 23.9 Å². The summed E-state index contributed by atoms with van der Waals surface area (Å²) in [7, 11) is -3.83. The zero-order valence-electron chi connectivity index (χ0n) is 17.9. The van der Waals surface area contributed by atoms with Crippen LogP contribution in [-0.2, 0) is 27.8 Å². The van der Waals surface area contributed by atoms with E-state index in [1.54, 1.807) is 24.3 Å². The summed E-state index contributed by atoms with van der Waals surface area (Å²) >= 11 is 0. The monoisotopic (exact) mass is 436 g/mol. The molecule has 0 radical (unpaired) electrons. The lowest BCUT2D eigenvalue weighted by Crippen LogP contribution is -2.40. The Bertz CT molecular complexity index is 1090. The topological polar surface area (TPSA) is 66.5 Å². The quantitative estimate of drug-likeness (QED) is 0.554. The molecule has 6 heteroatoms. The highest BCUT2D eigenvalue weighted by molar-refractivity contribution is 7.89. The molecule has 3 aromatic rings. The van der Waals surface area contributed by atoms with Crippen LogP contribution in [0.25, 0.3) is 0 Å². The third kappa shape index (κ3) is 6.51. The number of hydrogen-bond donors (Lipinski definition) is 1. The van der Waals surface area contributed by atoms with Gasteiger partial charge in [-0.3, -0.25) is 4.79 Å². The molecule has 31 heavy (non-hydrogen) atoms. The van der Waals surface area contributed by atoms with Crippen molar-refractivity contribution in [2.75, 3.05) is 13.1 Å². The summed E-state index contributed by atoms with van der Waals surface area (Å²) in [5.74, 6) is -0.321. The first-order valence-corrected chi connectivity index (χ1v) is 11.7. The normalized spacial score (nSPS) is 11.5. The highest BCUT2D eigenvalue weighted by atomic mass is 32.2. The fraction of sp³-hybridized carbons (Fsp3) is 0.240. The van der Waals surface area contributed by atoms with Crippen molar-refractivity contribution in [3.05, 3.63) is 101 Å². The van der Waals surface area contributed by atoms with Gasteiger partial charge in [-0.05, 0) is 43.5 Å². The van der Waals surface area contributed by atoms with Gasteiger partial charge in [0.1, 0.15) is 0 Å². The molecule has 0 saturated carbocycles. The standard InChI is InChI=1S/C25H28N2O3S/c1-20-8-12-23(13-9-20)18-27(31(29,30)24-14-10-21(2)11-15-24)19-25(28)26-17-16-22-6-4-3-5-7-22/h3-15H,16-19H2,1-2H3,(H,26,28). The Morgan fingerprint density at radius 1 is 0.806 bits per heavy atom. The van der Waals surface area contributed by atoms with Crippen LogP contribution < -0.4 is 5.32 Å². The Labute approximate surface area is 184 Å². The third-order valence-corrected chi connectivity index (χ3v) is 6.84. The fourth-order valence-electron chi connectivity index (χ4n) is 3.19. The molecule has 0 bridgehead atoms. The number of nitrogens with one attached hydrogen (secondary N) is 1. The van der Waals surface area contributed by atoms with E-state index in [0.29, 0.717) is 13.0 Å². The molecular formula is C25H28N2O3S. The van der Waals surface area contributed by atoms with Crippen molar-refractivity contribution in [1.82, 2.24) is 9.62 Å². The molecule has 0 fully saturated rings. The molecule has 1 amide bonds. The molecular weight excluding hydrogens is 408 g/mol. The van der Waals surface area contributed by atoms with Crippen LogP contribution in [0.5, 0.6) is 0 Å². The van der Waals surface area contributed by atoms with Gasteiger partial charge in [0.2, 0.25) is 15.9 Å². The molecule has 0 atom stereocenters. The van der Waals surface area contributed by atoms with Gasteiger partial charge in [-0.25, -0.2) is 8.42 Å². The first-order valence-electron chi connectivity index (χ1n) is 10.3. The lowest BCUT2D eigenvalue weighted by Gasteiger charge is -2.22. The summed E-state index contributed by atoms with van der Waals surface area (Å²) in [5, 5.41) is 2.84. The van der Waals surface area contributed by atoms with Gasteiger partial charge in [0.15, 0.2) is 0 Å². The third-order valence-electron chi connectivity index (χ3n) is 5.04. The van der Waals surface area contributed by atoms with E-state index >= 15 is 0 Å². The van der Waals surface area contributed by atoms with Crippen LogP contribution in [0.15, 0.2) is 83.8 Å². The Morgan fingerprint density at radius 3 is 2.00 bits per heavy atom. The number of benzene rings is 3. The summed E-state index contributed by atoms with van der Waals surface area (Å²) in [6, 6.07) is 24.2. The van der Waals surface area contributed by atoms with Crippen LogP contribution in [0.2, 0.25) is 0 Å². The summed E-state index contributed by atoms with van der Waals surface area (Å²) in [5.41, 5.74) is 4.02. The van der Waals surface area contributed by atoms with E-state index in [0.717, 1.165) is 22.3 Å². The smallest absolute Gasteiger partial charge is 0.243 e. The zero-order valence-corrected chi connectivity index (χ0v) is 18.7. The van der Waals surface area contributed by atoms with Crippen LogP contribution in [-0.4, -0.2) is 31.7 Å². The second-order valence-electron chi connectivity index (χ2n) is 7.66. The lowest BCUT2D eigenvalue weighted by atomic mass is 10.1. The van der Waals surface area contributed by atoms with Gasteiger partial charge in [-0.15, -0.1) is 0 Å². The number of aryl methyl sites for hydroxylation is 2. The Kier molecular flexibility index (Phi) is 7.60. The molecule has 0 spiro atoms. The predicted molar refractivity (Wildman–Crippen MR) is 123 cm³/mol. The van der Waals surface area contributed by atoms with Gasteiger partial charge in [-0.2, -0.15) is 4.31 Å². The zero-order chi connectivity index (χ0) is 22.3. The first-order chi connectivity index (χ1) is 14.8. The number of hydrogen-bond acceptors (Lipinski definition) is 3. The SMILES string of the molecule is Cc1ccc(CN(CC(=O)NCCc2ccccc2)S(=O)(=O)c2ccc(C)cc2)cc1. The highest BCUT2D eigenvalue weighted by Crippen LogP contribution is 2.19. The number of carbonyl (C=O) groups is 1. The largest absolute Gasteiger partial charge is 0.355 e. The van der Waals surface area contributed by atoms with Crippen molar-refractivity contribution in [1.29, 1.82) is 0 Å². The van der Waals surface area contributed by atoms with Gasteiger partial charge in [-0.1, -0.05) is 77.9 Å². The number of amides is 1. The second kappa shape index (κ2) is 10.4. The van der Waals surface area contributed by atoms with Gasteiger partial charge >= 0.3 is 0 Å². The van der Waals surface area contributed by atoms with Crippen LogP contribution in [0.1, 0.15) is 22.3 Å². The molecule has 3 aromatic carbocycles. The lowest BCUT2D eigenvalue weighted by molar-refractivity contribution is -0.121. The maximum atomic E-state index is 13.3. The van der Waals surface area contributed by atoms with Gasteiger partial charge in [0.25, 0.3) is 0 Å². The van der Waals surface area contributed by atoms with Crippen molar-refractivity contribution in [3.63, 3.8) is 0 Å². The van der Waals surface area contributed by atoms with Crippen LogP contribution in [0.3, 0.4) is 0 Å². The average molecular weight is 437 g/mol. The molecule has 0 aliphatic carbocycles. The predicted octanol–water partition coefficient (Wildman–Crippen LogP) is 3.85. The van der Waals surface area contributed by atoms with Crippen molar-refractivity contribution >= 4 is 15.9 Å². The van der Waals surface area contributed by atoms with Gasteiger partial charge in [0, 0.05) is 13.1 Å². The molecule has 0 saturated heterocycles. The molecule has 0 aliphatic heterocycles. The molecule has 0 aliphatic rings. The summed E-state index contributed by atoms with van der Waals surface area (Å²) in [4.78, 5) is 12.8. The van der Waals surface area contributed by atoms with Gasteiger partial charge < -0.3 is 5.32 Å². The van der Waals surface area contributed by atoms with E-state index < -0.39 is 10.0 Å². The van der Waals surface area contributed by atoms with E-state index in [4.69, 9.17) is 0 Å². The highest BCUT2D eigenvalue weighted by Gasteiger charge is 2.26. The van der Waals surface area contributed by atoms with Crippen LogP contribution >= 0.6 is 0 Å². The number of carbonyl (C=O) groups excluding carboxylic acids is 1. The number of rotatable bonds is 9.